The molecule has 1 aliphatic carbocycles. The van der Waals surface area contributed by atoms with Gasteiger partial charge in [-0.1, -0.05) is 18.7 Å². The van der Waals surface area contributed by atoms with Crippen molar-refractivity contribution in [1.29, 1.82) is 0 Å². The Bertz CT molecular complexity index is 414. The predicted octanol–water partition coefficient (Wildman–Crippen LogP) is 1.79. The van der Waals surface area contributed by atoms with Crippen molar-refractivity contribution >= 4 is 17.7 Å². The Morgan fingerprint density at radius 1 is 1.44 bits per heavy atom. The van der Waals surface area contributed by atoms with E-state index in [9.17, 15) is 4.79 Å². The van der Waals surface area contributed by atoms with E-state index in [0.29, 0.717) is 11.7 Å². The molecule has 1 heterocycles. The second kappa shape index (κ2) is 6.22. The molecule has 5 nitrogen and oxygen atoms in total. The minimum Gasteiger partial charge on any atom is -0.355 e. The Kier molecular flexibility index (Phi) is 4.63. The zero-order valence-electron chi connectivity index (χ0n) is 11.0. The van der Waals surface area contributed by atoms with Gasteiger partial charge in [0, 0.05) is 19.0 Å². The molecule has 1 amide bonds. The van der Waals surface area contributed by atoms with E-state index in [1.807, 2.05) is 6.92 Å². The van der Waals surface area contributed by atoms with Gasteiger partial charge in [-0.25, -0.2) is 0 Å². The molecule has 1 aromatic heterocycles. The van der Waals surface area contributed by atoms with Crippen molar-refractivity contribution in [1.82, 2.24) is 20.1 Å². The lowest BCUT2D eigenvalue weighted by atomic mass is 10.4. The average Bonchev–Trinajstić information content (AvgIpc) is 3.14. The molecule has 1 aromatic rings. The maximum absolute atomic E-state index is 11.5. The summed E-state index contributed by atoms with van der Waals surface area (Å²) in [5, 5.41) is 12.2. The summed E-state index contributed by atoms with van der Waals surface area (Å²) in [7, 11) is 0. The fourth-order valence-corrected chi connectivity index (χ4v) is 2.63. The van der Waals surface area contributed by atoms with Crippen LogP contribution in [0.5, 0.6) is 0 Å². The van der Waals surface area contributed by atoms with E-state index >= 15 is 0 Å². The molecule has 18 heavy (non-hydrogen) atoms. The summed E-state index contributed by atoms with van der Waals surface area (Å²) in [6, 6.07) is 0. The first-order valence-electron chi connectivity index (χ1n) is 6.58. The van der Waals surface area contributed by atoms with E-state index in [0.717, 1.165) is 30.5 Å². The average molecular weight is 268 g/mol. The van der Waals surface area contributed by atoms with E-state index in [-0.39, 0.29) is 5.91 Å². The monoisotopic (exact) mass is 268 g/mol. The second-order valence-electron chi connectivity index (χ2n) is 4.50. The fraction of sp³-hybridized carbons (Fsp3) is 0.750. The first kappa shape index (κ1) is 13.4. The molecule has 0 bridgehead atoms. The van der Waals surface area contributed by atoms with Crippen molar-refractivity contribution in [2.75, 3.05) is 12.3 Å². The molecule has 0 saturated heterocycles. The largest absolute Gasteiger partial charge is 0.355 e. The van der Waals surface area contributed by atoms with Crippen molar-refractivity contribution in [3.63, 3.8) is 0 Å². The molecule has 100 valence electrons. The van der Waals surface area contributed by atoms with Crippen molar-refractivity contribution in [3.8, 4) is 0 Å². The van der Waals surface area contributed by atoms with Gasteiger partial charge in [-0.3, -0.25) is 4.79 Å². The first-order chi connectivity index (χ1) is 8.76. The number of nitrogens with one attached hydrogen (secondary N) is 1. The number of carbonyl (C=O) groups is 1. The first-order valence-corrected chi connectivity index (χ1v) is 7.57. The van der Waals surface area contributed by atoms with Gasteiger partial charge in [0.05, 0.1) is 5.75 Å². The zero-order chi connectivity index (χ0) is 13.0. The van der Waals surface area contributed by atoms with Gasteiger partial charge >= 0.3 is 0 Å². The minimum absolute atomic E-state index is 0.0699. The summed E-state index contributed by atoms with van der Waals surface area (Å²) < 4.78 is 2.13. The molecular weight excluding hydrogens is 248 g/mol. The molecule has 0 aromatic carbocycles. The Labute approximate surface area is 112 Å². The maximum atomic E-state index is 11.5. The lowest BCUT2D eigenvalue weighted by molar-refractivity contribution is -0.118. The van der Waals surface area contributed by atoms with Gasteiger partial charge in [-0.05, 0) is 26.2 Å². The van der Waals surface area contributed by atoms with Crippen LogP contribution in [0.15, 0.2) is 5.16 Å². The number of amides is 1. The fourth-order valence-electron chi connectivity index (χ4n) is 1.79. The number of thioether (sulfide) groups is 1. The highest BCUT2D eigenvalue weighted by Gasteiger charge is 2.29. The van der Waals surface area contributed by atoms with E-state index in [1.54, 1.807) is 0 Å². The van der Waals surface area contributed by atoms with Crippen LogP contribution in [0.25, 0.3) is 0 Å². The summed E-state index contributed by atoms with van der Waals surface area (Å²) in [5.41, 5.74) is 0. The van der Waals surface area contributed by atoms with Crippen LogP contribution in [0.3, 0.4) is 0 Å². The van der Waals surface area contributed by atoms with E-state index < -0.39 is 0 Å². The van der Waals surface area contributed by atoms with Crippen LogP contribution >= 0.6 is 11.8 Å². The molecule has 1 fully saturated rings. The Morgan fingerprint density at radius 2 is 2.22 bits per heavy atom. The molecule has 2 rings (SSSR count). The number of hydrogen-bond donors (Lipinski definition) is 1. The van der Waals surface area contributed by atoms with Gasteiger partial charge in [0.2, 0.25) is 5.91 Å². The Hall–Kier alpha value is -1.04. The van der Waals surface area contributed by atoms with Crippen LogP contribution in [0.2, 0.25) is 0 Å². The molecule has 0 unspecified atom stereocenters. The van der Waals surface area contributed by atoms with Gasteiger partial charge in [-0.2, -0.15) is 0 Å². The summed E-state index contributed by atoms with van der Waals surface area (Å²) in [6.07, 6.45) is 3.41. The van der Waals surface area contributed by atoms with E-state index in [1.165, 1.54) is 24.6 Å². The number of rotatable bonds is 7. The standard InChI is InChI=1S/C12H20N4OS/c1-3-7-13-10(17)8-18-12-15-14-11(9-5-6-9)16(12)4-2/h9H,3-8H2,1-2H3,(H,13,17). The van der Waals surface area contributed by atoms with E-state index in [2.05, 4.69) is 27.0 Å². The van der Waals surface area contributed by atoms with Crippen LogP contribution in [-0.2, 0) is 11.3 Å². The topological polar surface area (TPSA) is 59.8 Å². The quantitative estimate of drug-likeness (QED) is 0.766. The lowest BCUT2D eigenvalue weighted by Crippen LogP contribution is -2.25. The molecule has 1 aliphatic rings. The number of aromatic nitrogens is 3. The molecule has 6 heteroatoms. The van der Waals surface area contributed by atoms with Crippen molar-refractivity contribution in [3.05, 3.63) is 5.82 Å². The third-order valence-corrected chi connectivity index (χ3v) is 3.88. The number of hydrogen-bond acceptors (Lipinski definition) is 4. The lowest BCUT2D eigenvalue weighted by Gasteiger charge is -2.06. The summed E-state index contributed by atoms with van der Waals surface area (Å²) >= 11 is 1.47. The Balaban J connectivity index is 1.90. The van der Waals surface area contributed by atoms with Crippen molar-refractivity contribution in [2.45, 2.75) is 50.7 Å². The van der Waals surface area contributed by atoms with Gasteiger partial charge in [0.1, 0.15) is 5.82 Å². The highest BCUT2D eigenvalue weighted by atomic mass is 32.2. The highest BCUT2D eigenvalue weighted by Crippen LogP contribution is 2.39. The van der Waals surface area contributed by atoms with Crippen LogP contribution < -0.4 is 5.32 Å². The second-order valence-corrected chi connectivity index (χ2v) is 5.44. The van der Waals surface area contributed by atoms with Gasteiger partial charge in [-0.15, -0.1) is 10.2 Å². The smallest absolute Gasteiger partial charge is 0.230 e. The summed E-state index contributed by atoms with van der Waals surface area (Å²) in [6.45, 7) is 5.75. The minimum atomic E-state index is 0.0699. The molecule has 1 saturated carbocycles. The number of nitrogens with zero attached hydrogens (tertiary/aromatic N) is 3. The van der Waals surface area contributed by atoms with Crippen LogP contribution in [0, 0.1) is 0 Å². The van der Waals surface area contributed by atoms with Crippen LogP contribution in [0.4, 0.5) is 0 Å². The SMILES string of the molecule is CCCNC(=O)CSc1nnc(C2CC2)n1CC. The molecule has 0 spiro atoms. The molecular formula is C12H20N4OS. The highest BCUT2D eigenvalue weighted by molar-refractivity contribution is 7.99. The predicted molar refractivity (Wildman–Crippen MR) is 71.7 cm³/mol. The normalized spacial score (nSPS) is 14.8. The number of carbonyl (C=O) groups excluding carboxylic acids is 1. The van der Waals surface area contributed by atoms with Crippen molar-refractivity contribution < 1.29 is 4.79 Å². The van der Waals surface area contributed by atoms with Gasteiger partial charge in [0.15, 0.2) is 5.16 Å². The third-order valence-electron chi connectivity index (χ3n) is 2.91. The molecule has 0 atom stereocenters. The van der Waals surface area contributed by atoms with Crippen LogP contribution in [0.1, 0.15) is 44.9 Å². The Morgan fingerprint density at radius 3 is 2.83 bits per heavy atom. The molecule has 0 radical (unpaired) electrons. The van der Waals surface area contributed by atoms with Gasteiger partial charge in [0.25, 0.3) is 0 Å². The maximum Gasteiger partial charge on any atom is 0.230 e. The third kappa shape index (κ3) is 3.25. The summed E-state index contributed by atoms with van der Waals surface area (Å²) in [5.74, 6) is 2.18. The molecule has 0 aliphatic heterocycles. The molecule has 1 N–H and O–H groups in total. The van der Waals surface area contributed by atoms with Gasteiger partial charge < -0.3 is 9.88 Å². The van der Waals surface area contributed by atoms with Crippen LogP contribution in [-0.4, -0.2) is 33.0 Å². The summed E-state index contributed by atoms with van der Waals surface area (Å²) in [4.78, 5) is 11.5. The van der Waals surface area contributed by atoms with E-state index in [4.69, 9.17) is 0 Å². The zero-order valence-corrected chi connectivity index (χ0v) is 11.8. The van der Waals surface area contributed by atoms with Crippen molar-refractivity contribution in [2.24, 2.45) is 0 Å².